The molecule has 1 heterocycles. The van der Waals surface area contributed by atoms with Crippen LogP contribution in [0.1, 0.15) is 27.9 Å². The molecule has 1 aromatic heterocycles. The second-order valence-electron chi connectivity index (χ2n) is 7.82. The molecular formula is C24H24FN3O5S. The van der Waals surface area contributed by atoms with Crippen molar-refractivity contribution in [2.24, 2.45) is 0 Å². The van der Waals surface area contributed by atoms with Crippen molar-refractivity contribution >= 4 is 33.4 Å². The maximum absolute atomic E-state index is 13.4. The Morgan fingerprint density at radius 1 is 1.18 bits per heavy atom. The van der Waals surface area contributed by atoms with Crippen LogP contribution in [-0.2, 0) is 21.2 Å². The van der Waals surface area contributed by atoms with Crippen LogP contribution in [0.2, 0.25) is 0 Å². The van der Waals surface area contributed by atoms with Crippen LogP contribution in [0.4, 0.5) is 4.39 Å². The van der Waals surface area contributed by atoms with Crippen LogP contribution < -0.4 is 5.32 Å². The summed E-state index contributed by atoms with van der Waals surface area (Å²) in [7, 11) is -3.38. The lowest BCUT2D eigenvalue weighted by Gasteiger charge is -2.14. The Hall–Kier alpha value is -3.79. The van der Waals surface area contributed by atoms with Crippen molar-refractivity contribution in [2.45, 2.75) is 19.0 Å². The van der Waals surface area contributed by atoms with Crippen molar-refractivity contribution in [3.05, 3.63) is 89.8 Å². The number of nitrogens with zero attached hydrogens (tertiary/aromatic N) is 2. The molecule has 34 heavy (non-hydrogen) atoms. The van der Waals surface area contributed by atoms with Gasteiger partial charge in [0.05, 0.1) is 12.1 Å². The molecule has 1 atom stereocenters. The fourth-order valence-corrected chi connectivity index (χ4v) is 3.93. The van der Waals surface area contributed by atoms with Gasteiger partial charge >= 0.3 is 5.97 Å². The molecule has 0 fully saturated rings. The number of rotatable bonds is 10. The minimum absolute atomic E-state index is 0.223. The molecule has 0 bridgehead atoms. The molecule has 2 N–H and O–H groups in total. The number of nitrogens with one attached hydrogen (secondary N) is 1. The van der Waals surface area contributed by atoms with Gasteiger partial charge < -0.3 is 15.0 Å². The summed E-state index contributed by atoms with van der Waals surface area (Å²) in [6.07, 6.45) is 7.72. The van der Waals surface area contributed by atoms with Crippen molar-refractivity contribution in [3.8, 4) is 0 Å². The van der Waals surface area contributed by atoms with Gasteiger partial charge in [-0.25, -0.2) is 22.6 Å². The smallest absolute Gasteiger partial charge is 0.326 e. The van der Waals surface area contributed by atoms with E-state index in [0.29, 0.717) is 12.1 Å². The van der Waals surface area contributed by atoms with Gasteiger partial charge in [-0.1, -0.05) is 24.3 Å². The third-order valence-electron chi connectivity index (χ3n) is 5.00. The zero-order chi connectivity index (χ0) is 24.7. The SMILES string of the molecule is CS(=O)(=O)CC[C@H](NC(=O)c1cccc(C=C(Cn2ccnc2)c2ccc(F)cc2)c1)C(=O)O. The van der Waals surface area contributed by atoms with Crippen molar-refractivity contribution in [1.82, 2.24) is 14.9 Å². The zero-order valence-electron chi connectivity index (χ0n) is 18.4. The number of aliphatic carboxylic acids is 1. The van der Waals surface area contributed by atoms with Gasteiger partial charge in [-0.05, 0) is 53.5 Å². The third kappa shape index (κ3) is 7.38. The Morgan fingerprint density at radius 3 is 2.53 bits per heavy atom. The van der Waals surface area contributed by atoms with Gasteiger partial charge in [0.1, 0.15) is 21.7 Å². The number of imidazole rings is 1. The van der Waals surface area contributed by atoms with E-state index in [9.17, 15) is 27.5 Å². The second-order valence-corrected chi connectivity index (χ2v) is 10.1. The quantitative estimate of drug-likeness (QED) is 0.427. The monoisotopic (exact) mass is 485 g/mol. The first-order valence-corrected chi connectivity index (χ1v) is 12.4. The number of halogens is 1. The molecule has 178 valence electrons. The minimum Gasteiger partial charge on any atom is -0.480 e. The Kier molecular flexibility index (Phi) is 7.95. The second kappa shape index (κ2) is 10.9. The lowest BCUT2D eigenvalue weighted by Crippen LogP contribution is -2.41. The van der Waals surface area contributed by atoms with Gasteiger partial charge in [-0.2, -0.15) is 0 Å². The largest absolute Gasteiger partial charge is 0.480 e. The van der Waals surface area contributed by atoms with Crippen LogP contribution >= 0.6 is 0 Å². The van der Waals surface area contributed by atoms with E-state index < -0.39 is 27.8 Å². The highest BCUT2D eigenvalue weighted by Gasteiger charge is 2.22. The molecule has 0 unspecified atom stereocenters. The average Bonchev–Trinajstić information content (AvgIpc) is 3.29. The van der Waals surface area contributed by atoms with E-state index in [1.165, 1.54) is 18.2 Å². The molecule has 0 spiro atoms. The third-order valence-corrected chi connectivity index (χ3v) is 5.97. The normalized spacial score (nSPS) is 12.8. The maximum atomic E-state index is 13.4. The summed E-state index contributed by atoms with van der Waals surface area (Å²) >= 11 is 0. The van der Waals surface area contributed by atoms with E-state index in [2.05, 4.69) is 10.3 Å². The highest BCUT2D eigenvalue weighted by Crippen LogP contribution is 2.21. The average molecular weight is 486 g/mol. The minimum atomic E-state index is -3.38. The lowest BCUT2D eigenvalue weighted by atomic mass is 10.0. The number of allylic oxidation sites excluding steroid dienone is 1. The summed E-state index contributed by atoms with van der Waals surface area (Å²) in [5, 5.41) is 11.7. The molecule has 8 nitrogen and oxygen atoms in total. The number of sulfone groups is 1. The van der Waals surface area contributed by atoms with E-state index in [1.807, 2.05) is 10.6 Å². The summed E-state index contributed by atoms with van der Waals surface area (Å²) < 4.78 is 38.0. The molecule has 0 aliphatic carbocycles. The van der Waals surface area contributed by atoms with Gasteiger partial charge in [0.2, 0.25) is 0 Å². The molecule has 0 radical (unpaired) electrons. The number of carbonyl (C=O) groups is 2. The molecule has 3 rings (SSSR count). The van der Waals surface area contributed by atoms with Crippen molar-refractivity contribution in [2.75, 3.05) is 12.0 Å². The Labute approximate surface area is 196 Å². The number of carbonyl (C=O) groups excluding carboxylic acids is 1. The van der Waals surface area contributed by atoms with Gasteiger partial charge in [0.15, 0.2) is 0 Å². The number of carboxylic acid groups (broad SMARTS) is 1. The van der Waals surface area contributed by atoms with E-state index in [-0.39, 0.29) is 23.6 Å². The number of aromatic nitrogens is 2. The summed E-state index contributed by atoms with van der Waals surface area (Å²) in [5.41, 5.74) is 2.53. The fourth-order valence-electron chi connectivity index (χ4n) is 3.26. The molecule has 2 aromatic carbocycles. The summed E-state index contributed by atoms with van der Waals surface area (Å²) in [6, 6.07) is 11.3. The predicted molar refractivity (Wildman–Crippen MR) is 126 cm³/mol. The van der Waals surface area contributed by atoms with Crippen LogP contribution in [0.5, 0.6) is 0 Å². The predicted octanol–water partition coefficient (Wildman–Crippen LogP) is 2.88. The van der Waals surface area contributed by atoms with Crippen molar-refractivity contribution in [1.29, 1.82) is 0 Å². The molecule has 1 amide bonds. The van der Waals surface area contributed by atoms with Crippen LogP contribution in [0.15, 0.2) is 67.3 Å². The maximum Gasteiger partial charge on any atom is 0.326 e. The van der Waals surface area contributed by atoms with Gasteiger partial charge in [0, 0.05) is 30.8 Å². The Balaban J connectivity index is 1.85. The molecule has 0 saturated carbocycles. The first-order chi connectivity index (χ1) is 16.1. The topological polar surface area (TPSA) is 118 Å². The molecule has 3 aromatic rings. The van der Waals surface area contributed by atoms with E-state index in [1.54, 1.807) is 49.1 Å². The highest BCUT2D eigenvalue weighted by atomic mass is 32.2. The van der Waals surface area contributed by atoms with Gasteiger partial charge in [-0.15, -0.1) is 0 Å². The van der Waals surface area contributed by atoms with E-state index in [0.717, 1.165) is 17.4 Å². The standard InChI is InChI=1S/C24H24FN3O5S/c1-34(32,33)12-9-22(24(30)31)27-23(29)19-4-2-3-17(13-19)14-20(15-28-11-10-26-16-28)18-5-7-21(25)8-6-18/h2-8,10-11,13-14,16,22H,9,12,15H2,1H3,(H,27,29)(H,30,31)/t22-/m0/s1. The molecule has 0 aliphatic heterocycles. The van der Waals surface area contributed by atoms with Gasteiger partial charge in [-0.3, -0.25) is 4.79 Å². The zero-order valence-corrected chi connectivity index (χ0v) is 19.2. The number of amides is 1. The van der Waals surface area contributed by atoms with Crippen LogP contribution in [0, 0.1) is 5.82 Å². The van der Waals surface area contributed by atoms with Gasteiger partial charge in [0.25, 0.3) is 5.91 Å². The summed E-state index contributed by atoms with van der Waals surface area (Å²) in [4.78, 5) is 28.2. The Bertz CT molecular complexity index is 1290. The number of benzene rings is 2. The molecule has 10 heteroatoms. The van der Waals surface area contributed by atoms with Crippen LogP contribution in [-0.4, -0.2) is 53.0 Å². The highest BCUT2D eigenvalue weighted by molar-refractivity contribution is 7.90. The molecule has 0 saturated heterocycles. The number of hydrogen-bond acceptors (Lipinski definition) is 5. The van der Waals surface area contributed by atoms with Crippen LogP contribution in [0.25, 0.3) is 11.6 Å². The summed E-state index contributed by atoms with van der Waals surface area (Å²) in [6.45, 7) is 0.453. The lowest BCUT2D eigenvalue weighted by molar-refractivity contribution is -0.139. The Morgan fingerprint density at radius 2 is 1.91 bits per heavy atom. The van der Waals surface area contributed by atoms with Crippen molar-refractivity contribution < 1.29 is 27.5 Å². The molecule has 0 aliphatic rings. The molecular weight excluding hydrogens is 461 g/mol. The van der Waals surface area contributed by atoms with E-state index >= 15 is 0 Å². The summed E-state index contributed by atoms with van der Waals surface area (Å²) in [5.74, 6) is -2.66. The van der Waals surface area contributed by atoms with E-state index in [4.69, 9.17) is 0 Å². The van der Waals surface area contributed by atoms with Crippen molar-refractivity contribution in [3.63, 3.8) is 0 Å². The first kappa shape index (κ1) is 24.8. The van der Waals surface area contributed by atoms with Crippen LogP contribution in [0.3, 0.4) is 0 Å². The number of carboxylic acids is 1. The number of hydrogen-bond donors (Lipinski definition) is 2. The first-order valence-electron chi connectivity index (χ1n) is 10.3. The fraction of sp³-hybridized carbons (Fsp3) is 0.208.